The molecule has 2 aromatic heterocycles. The maximum absolute atomic E-state index is 12.6. The number of carbonyl (C=O) groups is 2. The van der Waals surface area contributed by atoms with Crippen LogP contribution in [0.2, 0.25) is 0 Å². The molecule has 0 spiro atoms. The third kappa shape index (κ3) is 2.17. The molecular formula is C14H16N4O2. The first-order chi connectivity index (χ1) is 9.66. The van der Waals surface area contributed by atoms with Crippen LogP contribution in [-0.2, 0) is 4.79 Å². The Bertz CT molecular complexity index is 654. The number of carbonyl (C=O) groups excluding carboxylic acids is 2. The second-order valence-electron chi connectivity index (χ2n) is 5.15. The zero-order valence-electron chi connectivity index (χ0n) is 11.3. The van der Waals surface area contributed by atoms with Crippen molar-refractivity contribution in [3.05, 3.63) is 30.4 Å². The molecule has 0 aromatic carbocycles. The van der Waals surface area contributed by atoms with Gasteiger partial charge in [-0.3, -0.25) is 14.6 Å². The minimum Gasteiger partial charge on any atom is -0.339 e. The molecule has 1 aliphatic rings. The van der Waals surface area contributed by atoms with Crippen molar-refractivity contribution < 1.29 is 9.59 Å². The third-order valence-corrected chi connectivity index (χ3v) is 3.94. The zero-order chi connectivity index (χ0) is 14.1. The first-order valence-electron chi connectivity index (χ1n) is 6.73. The second kappa shape index (κ2) is 5.03. The lowest BCUT2D eigenvalue weighted by atomic mass is 9.93. The highest BCUT2D eigenvalue weighted by Gasteiger charge is 2.27. The molecule has 6 heteroatoms. The summed E-state index contributed by atoms with van der Waals surface area (Å²) in [6, 6.07) is 0.131. The van der Waals surface area contributed by atoms with Gasteiger partial charge in [-0.05, 0) is 12.8 Å². The van der Waals surface area contributed by atoms with Crippen molar-refractivity contribution in [2.75, 3.05) is 7.05 Å². The van der Waals surface area contributed by atoms with E-state index in [4.69, 9.17) is 0 Å². The van der Waals surface area contributed by atoms with Gasteiger partial charge < -0.3 is 4.90 Å². The molecule has 104 valence electrons. The van der Waals surface area contributed by atoms with Crippen LogP contribution in [0.15, 0.2) is 24.8 Å². The summed E-state index contributed by atoms with van der Waals surface area (Å²) in [7, 11) is 1.79. The summed E-state index contributed by atoms with van der Waals surface area (Å²) in [6.07, 6.45) is 9.19. The number of rotatable bonds is 2. The fraction of sp³-hybridized carbons (Fsp3) is 0.429. The number of Topliss-reactive ketones (excluding diaryl/α,β-unsaturated/α-hetero) is 1. The number of amides is 1. The lowest BCUT2D eigenvalue weighted by Gasteiger charge is -2.30. The maximum Gasteiger partial charge on any atom is 0.257 e. The van der Waals surface area contributed by atoms with Gasteiger partial charge in [0.2, 0.25) is 0 Å². The highest BCUT2D eigenvalue weighted by Crippen LogP contribution is 2.22. The summed E-state index contributed by atoms with van der Waals surface area (Å²) >= 11 is 0. The van der Waals surface area contributed by atoms with Crippen LogP contribution >= 0.6 is 0 Å². The van der Waals surface area contributed by atoms with E-state index in [0.717, 1.165) is 12.8 Å². The lowest BCUT2D eigenvalue weighted by molar-refractivity contribution is -0.121. The Morgan fingerprint density at radius 1 is 1.35 bits per heavy atom. The van der Waals surface area contributed by atoms with Gasteiger partial charge in [0.1, 0.15) is 5.78 Å². The quantitative estimate of drug-likeness (QED) is 0.826. The number of nitrogens with zero attached hydrogens (tertiary/aromatic N) is 4. The highest BCUT2D eigenvalue weighted by molar-refractivity contribution is 6.00. The molecule has 0 aliphatic heterocycles. The fourth-order valence-corrected chi connectivity index (χ4v) is 2.67. The molecule has 0 radical (unpaired) electrons. The van der Waals surface area contributed by atoms with Crippen molar-refractivity contribution in [1.82, 2.24) is 19.5 Å². The summed E-state index contributed by atoms with van der Waals surface area (Å²) < 4.78 is 1.64. The number of hydrogen-bond donors (Lipinski definition) is 0. The summed E-state index contributed by atoms with van der Waals surface area (Å²) in [6.45, 7) is 0. The van der Waals surface area contributed by atoms with Crippen LogP contribution < -0.4 is 0 Å². The second-order valence-corrected chi connectivity index (χ2v) is 5.15. The topological polar surface area (TPSA) is 67.6 Å². The molecule has 0 atom stereocenters. The standard InChI is InChI=1S/C14H16N4O2/c1-17(10-2-4-11(19)5-3-10)14(20)12-8-16-18-7-6-15-9-13(12)18/h6-10H,2-5H2,1H3. The van der Waals surface area contributed by atoms with Gasteiger partial charge in [-0.15, -0.1) is 0 Å². The molecule has 3 rings (SSSR count). The Hall–Kier alpha value is -2.24. The molecule has 0 saturated heterocycles. The van der Waals surface area contributed by atoms with Crippen LogP contribution in [0.3, 0.4) is 0 Å². The molecule has 0 bridgehead atoms. The van der Waals surface area contributed by atoms with Crippen LogP contribution in [-0.4, -0.2) is 44.3 Å². The first-order valence-corrected chi connectivity index (χ1v) is 6.73. The molecule has 1 fully saturated rings. The average molecular weight is 272 g/mol. The molecule has 20 heavy (non-hydrogen) atoms. The molecule has 2 aromatic rings. The van der Waals surface area contributed by atoms with Crippen LogP contribution in [0.1, 0.15) is 36.0 Å². The third-order valence-electron chi connectivity index (χ3n) is 3.94. The highest BCUT2D eigenvalue weighted by atomic mass is 16.2. The molecule has 6 nitrogen and oxygen atoms in total. The van der Waals surface area contributed by atoms with Crippen LogP contribution in [0, 0.1) is 0 Å². The van der Waals surface area contributed by atoms with Gasteiger partial charge in [0.05, 0.1) is 23.5 Å². The van der Waals surface area contributed by atoms with Gasteiger partial charge in [0.15, 0.2) is 0 Å². The largest absolute Gasteiger partial charge is 0.339 e. The molecule has 0 N–H and O–H groups in total. The van der Waals surface area contributed by atoms with Gasteiger partial charge in [-0.2, -0.15) is 5.10 Å². The van der Waals surface area contributed by atoms with E-state index < -0.39 is 0 Å². The Morgan fingerprint density at radius 2 is 2.10 bits per heavy atom. The van der Waals surface area contributed by atoms with E-state index >= 15 is 0 Å². The first kappa shape index (κ1) is 12.8. The minimum absolute atomic E-state index is 0.0626. The van der Waals surface area contributed by atoms with Crippen molar-refractivity contribution in [2.24, 2.45) is 0 Å². The predicted molar refractivity (Wildman–Crippen MR) is 72.3 cm³/mol. The lowest BCUT2D eigenvalue weighted by Crippen LogP contribution is -2.39. The van der Waals surface area contributed by atoms with Crippen LogP contribution in [0.25, 0.3) is 5.52 Å². The number of ketones is 1. The predicted octanol–water partition coefficient (Wildman–Crippen LogP) is 1.31. The van der Waals surface area contributed by atoms with E-state index in [9.17, 15) is 9.59 Å². The Kier molecular flexibility index (Phi) is 3.22. The van der Waals surface area contributed by atoms with Crippen molar-refractivity contribution in [3.63, 3.8) is 0 Å². The smallest absolute Gasteiger partial charge is 0.257 e. The van der Waals surface area contributed by atoms with Crippen LogP contribution in [0.4, 0.5) is 0 Å². The summed E-state index contributed by atoms with van der Waals surface area (Å²) in [5.41, 5.74) is 1.26. The molecule has 1 saturated carbocycles. The Labute approximate surface area is 116 Å². The van der Waals surface area contributed by atoms with Crippen molar-refractivity contribution in [2.45, 2.75) is 31.7 Å². The summed E-state index contributed by atoms with van der Waals surface area (Å²) in [5.74, 6) is 0.231. The normalized spacial score (nSPS) is 16.6. The van der Waals surface area contributed by atoms with E-state index in [2.05, 4.69) is 10.1 Å². The van der Waals surface area contributed by atoms with E-state index in [-0.39, 0.29) is 11.9 Å². The maximum atomic E-state index is 12.6. The summed E-state index contributed by atoms with van der Waals surface area (Å²) in [4.78, 5) is 29.6. The number of aromatic nitrogens is 3. The SMILES string of the molecule is CN(C(=O)c1cnn2ccncc12)C1CCC(=O)CC1. The number of fused-ring (bicyclic) bond motifs is 1. The molecular weight excluding hydrogens is 256 g/mol. The fourth-order valence-electron chi connectivity index (χ4n) is 2.67. The van der Waals surface area contributed by atoms with Crippen molar-refractivity contribution in [1.29, 1.82) is 0 Å². The van der Waals surface area contributed by atoms with Crippen LogP contribution in [0.5, 0.6) is 0 Å². The molecule has 1 aliphatic carbocycles. The van der Waals surface area contributed by atoms with Gasteiger partial charge in [0, 0.05) is 38.3 Å². The Morgan fingerprint density at radius 3 is 2.85 bits per heavy atom. The van der Waals surface area contributed by atoms with Gasteiger partial charge in [-0.1, -0.05) is 0 Å². The van der Waals surface area contributed by atoms with E-state index in [1.165, 1.54) is 0 Å². The van der Waals surface area contributed by atoms with Crippen molar-refractivity contribution in [3.8, 4) is 0 Å². The van der Waals surface area contributed by atoms with Gasteiger partial charge in [-0.25, -0.2) is 4.52 Å². The molecule has 1 amide bonds. The van der Waals surface area contributed by atoms with E-state index in [1.54, 1.807) is 41.3 Å². The van der Waals surface area contributed by atoms with E-state index in [0.29, 0.717) is 29.7 Å². The average Bonchev–Trinajstić information content (AvgIpc) is 2.90. The van der Waals surface area contributed by atoms with Gasteiger partial charge in [0.25, 0.3) is 5.91 Å². The van der Waals surface area contributed by atoms with Crippen molar-refractivity contribution >= 4 is 17.2 Å². The van der Waals surface area contributed by atoms with Gasteiger partial charge >= 0.3 is 0 Å². The molecule has 0 unspecified atom stereocenters. The molecule has 2 heterocycles. The Balaban J connectivity index is 1.83. The monoisotopic (exact) mass is 272 g/mol. The zero-order valence-corrected chi connectivity index (χ0v) is 11.3. The summed E-state index contributed by atoms with van der Waals surface area (Å²) in [5, 5.41) is 4.15. The number of hydrogen-bond acceptors (Lipinski definition) is 4. The minimum atomic E-state index is -0.0626. The van der Waals surface area contributed by atoms with E-state index in [1.807, 2.05) is 0 Å².